The number of nitrogens with two attached hydrogens (primary N) is 1. The van der Waals surface area contributed by atoms with Crippen molar-refractivity contribution in [3.63, 3.8) is 0 Å². The lowest BCUT2D eigenvalue weighted by Gasteiger charge is -2.09. The quantitative estimate of drug-likeness (QED) is 0.832. The molecule has 104 valence electrons. The monoisotopic (exact) mass is 283 g/mol. The van der Waals surface area contributed by atoms with Crippen LogP contribution in [0.25, 0.3) is 0 Å². The van der Waals surface area contributed by atoms with Crippen LogP contribution in [0, 0.1) is 0 Å². The first-order valence-corrected chi connectivity index (χ1v) is 7.84. The van der Waals surface area contributed by atoms with Gasteiger partial charge in [-0.25, -0.2) is 13.6 Å². The van der Waals surface area contributed by atoms with E-state index in [1.54, 1.807) is 6.07 Å². The Bertz CT molecular complexity index is 607. The Hall–Kier alpha value is -1.40. The Labute approximate surface area is 112 Å². The molecule has 1 aliphatic heterocycles. The van der Waals surface area contributed by atoms with Crippen molar-refractivity contribution in [3.8, 4) is 5.75 Å². The zero-order chi connectivity index (χ0) is 14.0. The molecule has 0 bridgehead atoms. The molecule has 0 spiro atoms. The average Bonchev–Trinajstić information content (AvgIpc) is 2.81. The van der Waals surface area contributed by atoms with E-state index < -0.39 is 10.0 Å². The second kappa shape index (κ2) is 5.30. The first-order chi connectivity index (χ1) is 8.93. The second-order valence-corrected chi connectivity index (χ2v) is 6.16. The summed E-state index contributed by atoms with van der Waals surface area (Å²) >= 11 is 0. The lowest BCUT2D eigenvalue weighted by Crippen LogP contribution is -2.14. The zero-order valence-corrected chi connectivity index (χ0v) is 11.6. The van der Waals surface area contributed by atoms with Gasteiger partial charge in [0, 0.05) is 18.4 Å². The number of unbranched alkanes of at least 4 members (excludes halogenated alkanes) is 1. The number of fused-ring (bicyclic) bond motifs is 1. The number of hydrogen-bond donors (Lipinski definition) is 1. The van der Waals surface area contributed by atoms with E-state index in [-0.39, 0.29) is 10.7 Å². The number of primary sulfonamides is 1. The summed E-state index contributed by atoms with van der Waals surface area (Å²) in [6.45, 7) is 2.42. The normalized spacial score (nSPS) is 14.0. The molecule has 0 aromatic heterocycles. The van der Waals surface area contributed by atoms with Crippen LogP contribution in [0.4, 0.5) is 0 Å². The Morgan fingerprint density at radius 2 is 2.16 bits per heavy atom. The van der Waals surface area contributed by atoms with Crippen LogP contribution in [-0.2, 0) is 16.4 Å². The van der Waals surface area contributed by atoms with Crippen LogP contribution in [0.3, 0.4) is 0 Å². The number of benzene rings is 1. The summed E-state index contributed by atoms with van der Waals surface area (Å²) in [6, 6.07) is 3.05. The van der Waals surface area contributed by atoms with Crippen LogP contribution < -0.4 is 9.88 Å². The fourth-order valence-electron chi connectivity index (χ4n) is 2.13. The van der Waals surface area contributed by atoms with Gasteiger partial charge in [0.15, 0.2) is 5.78 Å². The molecular weight excluding hydrogens is 266 g/mol. The molecule has 0 fully saturated rings. The van der Waals surface area contributed by atoms with E-state index in [1.807, 2.05) is 6.92 Å². The van der Waals surface area contributed by atoms with E-state index in [4.69, 9.17) is 9.88 Å². The molecule has 0 saturated heterocycles. The molecule has 2 rings (SSSR count). The largest absolute Gasteiger partial charge is 0.492 e. The Morgan fingerprint density at radius 1 is 1.42 bits per heavy atom. The number of ketones is 1. The molecule has 1 aromatic rings. The standard InChI is InChI=1S/C13H17NO4S/c1-2-3-4-11(15)10-7-9-5-6-18-13(9)12(8-10)19(14,16)17/h7-8H,2-6H2,1H3,(H2,14,16,17). The molecule has 0 radical (unpaired) electrons. The molecule has 0 aliphatic carbocycles. The number of carbonyl (C=O) groups excluding carboxylic acids is 1. The van der Waals surface area contributed by atoms with Crippen molar-refractivity contribution in [1.82, 2.24) is 0 Å². The summed E-state index contributed by atoms with van der Waals surface area (Å²) in [4.78, 5) is 11.9. The summed E-state index contributed by atoms with van der Waals surface area (Å²) in [7, 11) is -3.88. The van der Waals surface area contributed by atoms with Crippen molar-refractivity contribution < 1.29 is 17.9 Å². The second-order valence-electron chi connectivity index (χ2n) is 4.63. The van der Waals surface area contributed by atoms with E-state index in [2.05, 4.69) is 0 Å². The van der Waals surface area contributed by atoms with Crippen molar-refractivity contribution in [3.05, 3.63) is 23.3 Å². The van der Waals surface area contributed by atoms with Crippen molar-refractivity contribution in [1.29, 1.82) is 0 Å². The third kappa shape index (κ3) is 2.96. The molecular formula is C13H17NO4S. The number of Topliss-reactive ketones (excluding diaryl/α,β-unsaturated/α-hetero) is 1. The van der Waals surface area contributed by atoms with Crippen molar-refractivity contribution in [2.75, 3.05) is 6.61 Å². The van der Waals surface area contributed by atoms with E-state index in [1.165, 1.54) is 6.07 Å². The molecule has 19 heavy (non-hydrogen) atoms. The minimum atomic E-state index is -3.88. The third-order valence-electron chi connectivity index (χ3n) is 3.14. The average molecular weight is 283 g/mol. The number of hydrogen-bond acceptors (Lipinski definition) is 4. The van der Waals surface area contributed by atoms with Gasteiger partial charge in [0.1, 0.15) is 10.6 Å². The van der Waals surface area contributed by atoms with Crippen LogP contribution >= 0.6 is 0 Å². The molecule has 0 amide bonds. The van der Waals surface area contributed by atoms with Crippen molar-refractivity contribution in [2.24, 2.45) is 5.14 Å². The number of rotatable bonds is 5. The highest BCUT2D eigenvalue weighted by Gasteiger charge is 2.25. The summed E-state index contributed by atoms with van der Waals surface area (Å²) in [6.07, 6.45) is 2.73. The highest BCUT2D eigenvalue weighted by molar-refractivity contribution is 7.89. The van der Waals surface area contributed by atoms with Gasteiger partial charge in [0.25, 0.3) is 0 Å². The van der Waals surface area contributed by atoms with Gasteiger partial charge in [-0.05, 0) is 24.1 Å². The van der Waals surface area contributed by atoms with Crippen LogP contribution in [0.2, 0.25) is 0 Å². The fourth-order valence-corrected chi connectivity index (χ4v) is 2.87. The van der Waals surface area contributed by atoms with Gasteiger partial charge in [-0.2, -0.15) is 0 Å². The minimum absolute atomic E-state index is 0.0542. The predicted octanol–water partition coefficient (Wildman–Crippen LogP) is 1.64. The molecule has 0 unspecified atom stereocenters. The summed E-state index contributed by atoms with van der Waals surface area (Å²) in [5, 5.41) is 5.18. The van der Waals surface area contributed by atoms with Crippen LogP contribution in [0.1, 0.15) is 42.1 Å². The van der Waals surface area contributed by atoms with Crippen molar-refractivity contribution in [2.45, 2.75) is 37.5 Å². The van der Waals surface area contributed by atoms with Gasteiger partial charge in [0.2, 0.25) is 10.0 Å². The number of sulfonamides is 1. The highest BCUT2D eigenvalue weighted by Crippen LogP contribution is 2.34. The molecule has 0 saturated carbocycles. The van der Waals surface area contributed by atoms with E-state index >= 15 is 0 Å². The van der Waals surface area contributed by atoms with Gasteiger partial charge >= 0.3 is 0 Å². The molecule has 2 N–H and O–H groups in total. The summed E-state index contributed by atoms with van der Waals surface area (Å²) in [5.41, 5.74) is 1.15. The first-order valence-electron chi connectivity index (χ1n) is 6.29. The van der Waals surface area contributed by atoms with Gasteiger partial charge in [0.05, 0.1) is 6.61 Å². The number of ether oxygens (including phenoxy) is 1. The highest BCUT2D eigenvalue weighted by atomic mass is 32.2. The zero-order valence-electron chi connectivity index (χ0n) is 10.8. The number of carbonyl (C=O) groups is 1. The lowest BCUT2D eigenvalue weighted by atomic mass is 10.0. The van der Waals surface area contributed by atoms with E-state index in [0.29, 0.717) is 30.8 Å². The molecule has 1 heterocycles. The summed E-state index contributed by atoms with van der Waals surface area (Å²) in [5.74, 6) is 0.246. The maximum Gasteiger partial charge on any atom is 0.241 e. The van der Waals surface area contributed by atoms with Gasteiger partial charge in [-0.1, -0.05) is 13.3 Å². The first kappa shape index (κ1) is 14.0. The van der Waals surface area contributed by atoms with Crippen LogP contribution in [-0.4, -0.2) is 20.8 Å². The Morgan fingerprint density at radius 3 is 2.79 bits per heavy atom. The lowest BCUT2D eigenvalue weighted by molar-refractivity contribution is 0.0979. The van der Waals surface area contributed by atoms with E-state index in [9.17, 15) is 13.2 Å². The predicted molar refractivity (Wildman–Crippen MR) is 70.9 cm³/mol. The Balaban J connectivity index is 2.45. The molecule has 1 aromatic carbocycles. The van der Waals surface area contributed by atoms with Gasteiger partial charge in [-0.15, -0.1) is 0 Å². The minimum Gasteiger partial charge on any atom is -0.492 e. The molecule has 5 nitrogen and oxygen atoms in total. The maximum atomic E-state index is 12.0. The van der Waals surface area contributed by atoms with Crippen LogP contribution in [0.15, 0.2) is 17.0 Å². The van der Waals surface area contributed by atoms with Crippen molar-refractivity contribution >= 4 is 15.8 Å². The Kier molecular flexibility index (Phi) is 3.91. The topological polar surface area (TPSA) is 86.5 Å². The van der Waals surface area contributed by atoms with Gasteiger partial charge < -0.3 is 4.74 Å². The molecule has 0 atom stereocenters. The van der Waals surface area contributed by atoms with Gasteiger partial charge in [-0.3, -0.25) is 4.79 Å². The van der Waals surface area contributed by atoms with Crippen LogP contribution in [0.5, 0.6) is 5.75 Å². The maximum absolute atomic E-state index is 12.0. The van der Waals surface area contributed by atoms with E-state index in [0.717, 1.165) is 18.4 Å². The fraction of sp³-hybridized carbons (Fsp3) is 0.462. The molecule has 6 heteroatoms. The summed E-state index contributed by atoms with van der Waals surface area (Å²) < 4.78 is 28.4. The SMILES string of the molecule is CCCCC(=O)c1cc2c(c(S(N)(=O)=O)c1)OCC2. The smallest absolute Gasteiger partial charge is 0.241 e. The third-order valence-corrected chi connectivity index (χ3v) is 4.05. The molecule has 1 aliphatic rings.